The van der Waals surface area contributed by atoms with Crippen molar-refractivity contribution in [3.05, 3.63) is 0 Å². The van der Waals surface area contributed by atoms with E-state index in [9.17, 15) is 9.59 Å². The van der Waals surface area contributed by atoms with E-state index in [2.05, 4.69) is 5.32 Å². The lowest BCUT2D eigenvalue weighted by Crippen LogP contribution is -2.46. The van der Waals surface area contributed by atoms with Gasteiger partial charge < -0.3 is 14.8 Å². The van der Waals surface area contributed by atoms with Gasteiger partial charge in [-0.2, -0.15) is 0 Å². The van der Waals surface area contributed by atoms with Crippen molar-refractivity contribution >= 4 is 12.1 Å². The second-order valence-corrected chi connectivity index (χ2v) is 5.02. The highest BCUT2D eigenvalue weighted by Crippen LogP contribution is 2.10. The maximum Gasteiger partial charge on any atom is 0.407 e. The summed E-state index contributed by atoms with van der Waals surface area (Å²) in [5.41, 5.74) is 0. The van der Waals surface area contributed by atoms with Crippen LogP contribution in [0.25, 0.3) is 0 Å². The summed E-state index contributed by atoms with van der Waals surface area (Å²) in [6.45, 7) is 8.71. The van der Waals surface area contributed by atoms with E-state index in [1.165, 1.54) is 0 Å². The Labute approximate surface area is 122 Å². The highest BCUT2D eigenvalue weighted by molar-refractivity contribution is 5.81. The predicted octanol–water partition coefficient (Wildman–Crippen LogP) is 3.27. The fourth-order valence-corrected chi connectivity index (χ4v) is 1.55. The molecule has 0 saturated heterocycles. The van der Waals surface area contributed by atoms with Gasteiger partial charge in [0, 0.05) is 0 Å². The molecule has 118 valence electrons. The summed E-state index contributed by atoms with van der Waals surface area (Å²) < 4.78 is 10.2. The first-order valence-electron chi connectivity index (χ1n) is 7.66. The number of unbranched alkanes of at least 4 members (excludes halogenated alkanes) is 2. The van der Waals surface area contributed by atoms with Gasteiger partial charge in [0.2, 0.25) is 0 Å². The van der Waals surface area contributed by atoms with E-state index in [-0.39, 0.29) is 11.9 Å². The summed E-state index contributed by atoms with van der Waals surface area (Å²) >= 11 is 0. The molecule has 5 heteroatoms. The second kappa shape index (κ2) is 11.6. The van der Waals surface area contributed by atoms with Crippen LogP contribution in [-0.4, -0.2) is 31.3 Å². The minimum Gasteiger partial charge on any atom is -0.464 e. The van der Waals surface area contributed by atoms with Crippen LogP contribution in [0.4, 0.5) is 4.79 Å². The largest absolute Gasteiger partial charge is 0.464 e. The highest BCUT2D eigenvalue weighted by atomic mass is 16.6. The average molecular weight is 287 g/mol. The summed E-state index contributed by atoms with van der Waals surface area (Å²) in [7, 11) is 0. The van der Waals surface area contributed by atoms with Crippen LogP contribution in [0.3, 0.4) is 0 Å². The first kappa shape index (κ1) is 18.7. The first-order chi connectivity index (χ1) is 9.56. The Bertz CT molecular complexity index is 281. The van der Waals surface area contributed by atoms with Gasteiger partial charge in [-0.1, -0.05) is 47.0 Å². The molecule has 2 atom stereocenters. The molecular weight excluding hydrogens is 258 g/mol. The van der Waals surface area contributed by atoms with Crippen molar-refractivity contribution in [2.45, 2.75) is 65.8 Å². The minimum atomic E-state index is -0.633. The molecule has 0 spiro atoms. The molecule has 0 saturated carbocycles. The summed E-state index contributed by atoms with van der Waals surface area (Å²) in [6, 6.07) is -0.633. The molecule has 0 rings (SSSR count). The zero-order valence-corrected chi connectivity index (χ0v) is 13.2. The SMILES string of the molecule is CCCCOC(=O)N[C@H](C(=O)OCCCC)C(C)CC. The fraction of sp³-hybridized carbons (Fsp3) is 0.867. The normalized spacial score (nSPS) is 13.4. The van der Waals surface area contributed by atoms with E-state index >= 15 is 0 Å². The lowest BCUT2D eigenvalue weighted by molar-refractivity contribution is -0.147. The third-order valence-corrected chi connectivity index (χ3v) is 3.21. The zero-order chi connectivity index (χ0) is 15.4. The number of hydrogen-bond acceptors (Lipinski definition) is 4. The molecule has 1 N–H and O–H groups in total. The Kier molecular flexibility index (Phi) is 10.8. The molecule has 20 heavy (non-hydrogen) atoms. The minimum absolute atomic E-state index is 0.0165. The van der Waals surface area contributed by atoms with Crippen molar-refractivity contribution in [2.24, 2.45) is 5.92 Å². The molecule has 0 bridgehead atoms. The first-order valence-corrected chi connectivity index (χ1v) is 7.66. The third-order valence-electron chi connectivity index (χ3n) is 3.21. The van der Waals surface area contributed by atoms with E-state index in [0.29, 0.717) is 13.2 Å². The number of ether oxygens (including phenoxy) is 2. The molecule has 5 nitrogen and oxygen atoms in total. The standard InChI is InChI=1S/C15H29NO4/c1-5-8-10-19-14(17)13(12(4)7-3)16-15(18)20-11-9-6-2/h12-13H,5-11H2,1-4H3,(H,16,18)/t12?,13-/m0/s1. The number of rotatable bonds is 10. The van der Waals surface area contributed by atoms with Crippen LogP contribution in [0.2, 0.25) is 0 Å². The summed E-state index contributed by atoms with van der Waals surface area (Å²) in [5, 5.41) is 2.62. The Balaban J connectivity index is 4.33. The zero-order valence-electron chi connectivity index (χ0n) is 13.2. The average Bonchev–Trinajstić information content (AvgIpc) is 2.44. The number of hydrogen-bond donors (Lipinski definition) is 1. The smallest absolute Gasteiger partial charge is 0.407 e. The lowest BCUT2D eigenvalue weighted by Gasteiger charge is -2.22. The molecule has 1 unspecified atom stereocenters. The molecular formula is C15H29NO4. The summed E-state index contributed by atoms with van der Waals surface area (Å²) in [5.74, 6) is -0.358. The van der Waals surface area contributed by atoms with Crippen molar-refractivity contribution in [3.63, 3.8) is 0 Å². The Morgan fingerprint density at radius 3 is 2.05 bits per heavy atom. The van der Waals surface area contributed by atoms with Gasteiger partial charge in [0.05, 0.1) is 13.2 Å². The van der Waals surface area contributed by atoms with Crippen molar-refractivity contribution in [1.29, 1.82) is 0 Å². The second-order valence-electron chi connectivity index (χ2n) is 5.02. The van der Waals surface area contributed by atoms with E-state index in [1.54, 1.807) is 0 Å². The van der Waals surface area contributed by atoms with E-state index in [4.69, 9.17) is 9.47 Å². The maximum absolute atomic E-state index is 12.0. The number of amides is 1. The predicted molar refractivity (Wildman–Crippen MR) is 78.5 cm³/mol. The number of carbonyl (C=O) groups is 2. The van der Waals surface area contributed by atoms with Gasteiger partial charge in [-0.15, -0.1) is 0 Å². The van der Waals surface area contributed by atoms with E-state index in [0.717, 1.165) is 32.1 Å². The van der Waals surface area contributed by atoms with Gasteiger partial charge in [-0.25, -0.2) is 9.59 Å². The van der Waals surface area contributed by atoms with Crippen molar-refractivity contribution in [2.75, 3.05) is 13.2 Å². The maximum atomic E-state index is 12.0. The lowest BCUT2D eigenvalue weighted by atomic mass is 9.99. The van der Waals surface area contributed by atoms with Gasteiger partial charge in [0.25, 0.3) is 0 Å². The number of carbonyl (C=O) groups excluding carboxylic acids is 2. The summed E-state index contributed by atoms with van der Waals surface area (Å²) in [4.78, 5) is 23.6. The molecule has 0 aromatic rings. The van der Waals surface area contributed by atoms with E-state index < -0.39 is 12.1 Å². The molecule has 0 aliphatic rings. The topological polar surface area (TPSA) is 64.6 Å². The number of alkyl carbamates (subject to hydrolysis) is 1. The number of esters is 1. The fourth-order valence-electron chi connectivity index (χ4n) is 1.55. The van der Waals surface area contributed by atoms with Gasteiger partial charge in [-0.3, -0.25) is 0 Å². The Morgan fingerprint density at radius 2 is 1.55 bits per heavy atom. The Morgan fingerprint density at radius 1 is 1.00 bits per heavy atom. The molecule has 0 heterocycles. The van der Waals surface area contributed by atoms with Crippen molar-refractivity contribution in [3.8, 4) is 0 Å². The number of nitrogens with one attached hydrogen (secondary N) is 1. The van der Waals surface area contributed by atoms with Crippen LogP contribution < -0.4 is 5.32 Å². The van der Waals surface area contributed by atoms with Crippen LogP contribution in [-0.2, 0) is 14.3 Å². The van der Waals surface area contributed by atoms with Crippen molar-refractivity contribution < 1.29 is 19.1 Å². The summed E-state index contributed by atoms with van der Waals surface area (Å²) in [6.07, 6.45) is 3.82. The molecule has 0 aromatic heterocycles. The molecule has 0 aromatic carbocycles. The van der Waals surface area contributed by atoms with Crippen LogP contribution in [0.5, 0.6) is 0 Å². The van der Waals surface area contributed by atoms with Gasteiger partial charge in [-0.05, 0) is 18.8 Å². The van der Waals surface area contributed by atoms with E-state index in [1.807, 2.05) is 27.7 Å². The highest BCUT2D eigenvalue weighted by Gasteiger charge is 2.27. The third kappa shape index (κ3) is 8.02. The van der Waals surface area contributed by atoms with Gasteiger partial charge >= 0.3 is 12.1 Å². The molecule has 0 fully saturated rings. The molecule has 0 aliphatic carbocycles. The molecule has 0 radical (unpaired) electrons. The molecule has 0 aliphatic heterocycles. The van der Waals surface area contributed by atoms with Crippen LogP contribution >= 0.6 is 0 Å². The van der Waals surface area contributed by atoms with Crippen LogP contribution in [0.15, 0.2) is 0 Å². The quantitative estimate of drug-likeness (QED) is 0.495. The van der Waals surface area contributed by atoms with Crippen molar-refractivity contribution in [1.82, 2.24) is 5.32 Å². The van der Waals surface area contributed by atoms with Crippen LogP contribution in [0.1, 0.15) is 59.8 Å². The Hall–Kier alpha value is -1.26. The molecule has 1 amide bonds. The van der Waals surface area contributed by atoms with Gasteiger partial charge in [0.1, 0.15) is 6.04 Å². The monoisotopic (exact) mass is 287 g/mol. The van der Waals surface area contributed by atoms with Crippen LogP contribution in [0, 0.1) is 5.92 Å². The van der Waals surface area contributed by atoms with Gasteiger partial charge in [0.15, 0.2) is 0 Å².